The van der Waals surface area contributed by atoms with Crippen LogP contribution in [0.1, 0.15) is 56.1 Å². The Hall–Kier alpha value is -3.35. The number of alkyl carbamates (subject to hydrolysis) is 1. The molecule has 7 nitrogen and oxygen atoms in total. The Bertz CT molecular complexity index is 991. The lowest BCUT2D eigenvalue weighted by molar-refractivity contribution is -0.152. The second-order valence-electron chi connectivity index (χ2n) is 8.72. The molecule has 1 aliphatic heterocycles. The summed E-state index contributed by atoms with van der Waals surface area (Å²) in [5, 5.41) is 12.2. The quantitative estimate of drug-likeness (QED) is 0.660. The van der Waals surface area contributed by atoms with Crippen LogP contribution in [-0.4, -0.2) is 53.2 Å². The van der Waals surface area contributed by atoms with Gasteiger partial charge in [-0.25, -0.2) is 9.59 Å². The number of piperidine rings is 1. The summed E-state index contributed by atoms with van der Waals surface area (Å²) >= 11 is 0. The molecule has 0 bridgehead atoms. The van der Waals surface area contributed by atoms with Crippen molar-refractivity contribution in [3.05, 3.63) is 59.7 Å². The van der Waals surface area contributed by atoms with Gasteiger partial charge in [-0.15, -0.1) is 0 Å². The number of rotatable bonds is 7. The smallest absolute Gasteiger partial charge is 0.407 e. The highest BCUT2D eigenvalue weighted by atomic mass is 16.5. The van der Waals surface area contributed by atoms with E-state index in [1.54, 1.807) is 0 Å². The summed E-state index contributed by atoms with van der Waals surface area (Å²) in [4.78, 5) is 38.3. The van der Waals surface area contributed by atoms with Crippen LogP contribution in [0.25, 0.3) is 11.1 Å². The van der Waals surface area contributed by atoms with Crippen molar-refractivity contribution in [3.63, 3.8) is 0 Å². The van der Waals surface area contributed by atoms with E-state index in [1.807, 2.05) is 31.2 Å². The normalized spacial score (nSPS) is 18.2. The maximum atomic E-state index is 12.8. The van der Waals surface area contributed by atoms with Crippen molar-refractivity contribution in [2.45, 2.75) is 57.0 Å². The fourth-order valence-corrected chi connectivity index (χ4v) is 4.92. The van der Waals surface area contributed by atoms with Crippen molar-refractivity contribution in [2.75, 3.05) is 13.2 Å². The lowest BCUT2D eigenvalue weighted by Gasteiger charge is -2.34. The van der Waals surface area contributed by atoms with Gasteiger partial charge in [0.25, 0.3) is 0 Å². The standard InChI is InChI=1S/C26H30N2O5/c1-2-17(15-24(29)28-14-8-7-13-23(28)25(30)31)27-26(32)33-16-22-20-11-5-3-9-18(20)19-10-4-6-12-21(19)22/h3-6,9-12,17,22-23H,2,7-8,13-16H2,1H3,(H,27,32)(H,30,31)/t17-,23-/m0/s1. The van der Waals surface area contributed by atoms with Crippen molar-refractivity contribution >= 4 is 18.0 Å². The molecule has 1 saturated heterocycles. The van der Waals surface area contributed by atoms with Gasteiger partial charge in [-0.3, -0.25) is 4.79 Å². The highest BCUT2D eigenvalue weighted by Gasteiger charge is 2.33. The molecule has 174 valence electrons. The van der Waals surface area contributed by atoms with Gasteiger partial charge in [0.15, 0.2) is 0 Å². The number of likely N-dealkylation sites (tertiary alicyclic amines) is 1. The number of carboxylic acids is 1. The molecule has 2 aromatic rings. The number of benzene rings is 2. The van der Waals surface area contributed by atoms with Crippen LogP contribution in [0.15, 0.2) is 48.5 Å². The van der Waals surface area contributed by atoms with Crippen molar-refractivity contribution in [3.8, 4) is 11.1 Å². The van der Waals surface area contributed by atoms with Crippen LogP contribution in [0, 0.1) is 0 Å². The zero-order chi connectivity index (χ0) is 23.4. The van der Waals surface area contributed by atoms with Gasteiger partial charge in [0.05, 0.1) is 0 Å². The summed E-state index contributed by atoms with van der Waals surface area (Å²) < 4.78 is 5.59. The van der Waals surface area contributed by atoms with E-state index in [9.17, 15) is 19.5 Å². The van der Waals surface area contributed by atoms with E-state index in [4.69, 9.17) is 4.74 Å². The third-order valence-corrected chi connectivity index (χ3v) is 6.69. The van der Waals surface area contributed by atoms with Crippen molar-refractivity contribution < 1.29 is 24.2 Å². The first-order valence-electron chi connectivity index (χ1n) is 11.6. The molecule has 0 aromatic heterocycles. The molecular weight excluding hydrogens is 420 g/mol. The Morgan fingerprint density at radius 1 is 1.06 bits per heavy atom. The van der Waals surface area contributed by atoms with Gasteiger partial charge in [0, 0.05) is 24.9 Å². The van der Waals surface area contributed by atoms with E-state index in [2.05, 4.69) is 29.6 Å². The minimum absolute atomic E-state index is 0.0328. The molecule has 1 fully saturated rings. The average Bonchev–Trinajstić information content (AvgIpc) is 3.16. The van der Waals surface area contributed by atoms with Crippen LogP contribution in [0.4, 0.5) is 4.79 Å². The molecule has 1 heterocycles. The number of aliphatic carboxylic acids is 1. The van der Waals surface area contributed by atoms with Crippen LogP contribution < -0.4 is 5.32 Å². The van der Waals surface area contributed by atoms with Crippen LogP contribution >= 0.6 is 0 Å². The summed E-state index contributed by atoms with van der Waals surface area (Å²) in [6.45, 7) is 2.53. The molecule has 33 heavy (non-hydrogen) atoms. The third kappa shape index (κ3) is 4.87. The maximum Gasteiger partial charge on any atom is 0.407 e. The number of carboxylic acid groups (broad SMARTS) is 1. The topological polar surface area (TPSA) is 95.9 Å². The van der Waals surface area contributed by atoms with Gasteiger partial charge in [0.2, 0.25) is 5.91 Å². The Morgan fingerprint density at radius 2 is 1.70 bits per heavy atom. The fraction of sp³-hybridized carbons (Fsp3) is 0.423. The number of nitrogens with zero attached hydrogens (tertiary/aromatic N) is 1. The molecule has 2 aliphatic rings. The number of hydrogen-bond donors (Lipinski definition) is 2. The highest BCUT2D eigenvalue weighted by molar-refractivity contribution is 5.84. The Kier molecular flexibility index (Phi) is 6.96. The highest BCUT2D eigenvalue weighted by Crippen LogP contribution is 2.44. The second kappa shape index (κ2) is 10.1. The van der Waals surface area contributed by atoms with E-state index in [1.165, 1.54) is 4.90 Å². The zero-order valence-electron chi connectivity index (χ0n) is 18.8. The molecule has 0 saturated carbocycles. The molecule has 0 radical (unpaired) electrons. The number of ether oxygens (including phenoxy) is 1. The van der Waals surface area contributed by atoms with E-state index in [-0.39, 0.29) is 24.9 Å². The number of carbonyl (C=O) groups is 3. The van der Waals surface area contributed by atoms with Gasteiger partial charge < -0.3 is 20.1 Å². The summed E-state index contributed by atoms with van der Waals surface area (Å²) in [5.74, 6) is -1.25. The van der Waals surface area contributed by atoms with Crippen molar-refractivity contribution in [2.24, 2.45) is 0 Å². The van der Waals surface area contributed by atoms with Crippen molar-refractivity contribution in [1.29, 1.82) is 0 Å². The average molecular weight is 451 g/mol. The molecule has 2 atom stereocenters. The largest absolute Gasteiger partial charge is 0.480 e. The predicted octanol–water partition coefficient (Wildman–Crippen LogP) is 4.16. The van der Waals surface area contributed by atoms with Crippen LogP contribution in [0.5, 0.6) is 0 Å². The van der Waals surface area contributed by atoms with E-state index >= 15 is 0 Å². The Balaban J connectivity index is 1.35. The minimum atomic E-state index is -0.972. The lowest BCUT2D eigenvalue weighted by Crippen LogP contribution is -2.50. The monoisotopic (exact) mass is 450 g/mol. The van der Waals surface area contributed by atoms with Crippen LogP contribution in [-0.2, 0) is 14.3 Å². The first kappa shape index (κ1) is 22.8. The summed E-state index contributed by atoms with van der Waals surface area (Å²) in [6.07, 6.45) is 2.11. The molecule has 2 amide bonds. The number of hydrogen-bond acceptors (Lipinski definition) is 4. The van der Waals surface area contributed by atoms with Gasteiger partial charge in [-0.2, -0.15) is 0 Å². The molecule has 2 N–H and O–H groups in total. The zero-order valence-corrected chi connectivity index (χ0v) is 18.8. The first-order valence-corrected chi connectivity index (χ1v) is 11.6. The summed E-state index contributed by atoms with van der Waals surface area (Å²) in [6, 6.07) is 15.1. The van der Waals surface area contributed by atoms with Gasteiger partial charge in [0.1, 0.15) is 12.6 Å². The molecule has 0 unspecified atom stereocenters. The SMILES string of the molecule is CC[C@@H](CC(=O)N1CCCC[C@H]1C(=O)O)NC(=O)OCC1c2ccccc2-c2ccccc21. The Labute approximate surface area is 193 Å². The lowest BCUT2D eigenvalue weighted by atomic mass is 9.98. The summed E-state index contributed by atoms with van der Waals surface area (Å²) in [7, 11) is 0. The predicted molar refractivity (Wildman–Crippen MR) is 124 cm³/mol. The molecule has 0 spiro atoms. The summed E-state index contributed by atoms with van der Waals surface area (Å²) in [5.41, 5.74) is 4.60. The van der Waals surface area contributed by atoms with E-state index < -0.39 is 24.1 Å². The molecule has 4 rings (SSSR count). The second-order valence-corrected chi connectivity index (χ2v) is 8.72. The van der Waals surface area contributed by atoms with Crippen LogP contribution in [0.2, 0.25) is 0 Å². The minimum Gasteiger partial charge on any atom is -0.480 e. The van der Waals surface area contributed by atoms with E-state index in [0.717, 1.165) is 35.1 Å². The Morgan fingerprint density at radius 3 is 2.30 bits per heavy atom. The van der Waals surface area contributed by atoms with E-state index in [0.29, 0.717) is 19.4 Å². The number of fused-ring (bicyclic) bond motifs is 3. The molecule has 1 aliphatic carbocycles. The number of carbonyl (C=O) groups excluding carboxylic acids is 2. The van der Waals surface area contributed by atoms with Gasteiger partial charge in [-0.05, 0) is 47.9 Å². The maximum absolute atomic E-state index is 12.8. The number of nitrogens with one attached hydrogen (secondary N) is 1. The van der Waals surface area contributed by atoms with Crippen molar-refractivity contribution in [1.82, 2.24) is 10.2 Å². The molecule has 2 aromatic carbocycles. The fourth-order valence-electron chi connectivity index (χ4n) is 4.92. The number of amides is 2. The third-order valence-electron chi connectivity index (χ3n) is 6.69. The van der Waals surface area contributed by atoms with Gasteiger partial charge >= 0.3 is 12.1 Å². The van der Waals surface area contributed by atoms with Crippen LogP contribution in [0.3, 0.4) is 0 Å². The first-order chi connectivity index (χ1) is 16.0. The molecule has 7 heteroatoms. The molecular formula is C26H30N2O5. The van der Waals surface area contributed by atoms with Gasteiger partial charge in [-0.1, -0.05) is 55.5 Å².